The summed E-state index contributed by atoms with van der Waals surface area (Å²) >= 11 is 6.98. The van der Waals surface area contributed by atoms with Gasteiger partial charge in [-0.05, 0) is 36.4 Å². The van der Waals surface area contributed by atoms with E-state index in [2.05, 4.69) is 15.6 Å². The van der Waals surface area contributed by atoms with Crippen LogP contribution in [0.5, 0.6) is 11.5 Å². The molecule has 2 heterocycles. The van der Waals surface area contributed by atoms with E-state index in [1.165, 1.54) is 0 Å². The van der Waals surface area contributed by atoms with E-state index in [1.807, 2.05) is 0 Å². The third kappa shape index (κ3) is 4.08. The highest BCUT2D eigenvalue weighted by Gasteiger charge is 2.16. The molecule has 0 unspecified atom stereocenters. The van der Waals surface area contributed by atoms with E-state index < -0.39 is 0 Å². The molecule has 0 atom stereocenters. The molecule has 0 bridgehead atoms. The Bertz CT molecular complexity index is 1040. The summed E-state index contributed by atoms with van der Waals surface area (Å²) < 4.78 is 11.0. The monoisotopic (exact) mass is 415 g/mol. The van der Waals surface area contributed by atoms with Gasteiger partial charge in [0.1, 0.15) is 18.9 Å². The summed E-state index contributed by atoms with van der Waals surface area (Å²) in [6.07, 6.45) is 0. The highest BCUT2D eigenvalue weighted by atomic mass is 35.5. The minimum atomic E-state index is -0.389. The molecular weight excluding hydrogens is 402 g/mol. The van der Waals surface area contributed by atoms with E-state index in [-0.39, 0.29) is 17.5 Å². The predicted molar refractivity (Wildman–Crippen MR) is 107 cm³/mol. The minimum Gasteiger partial charge on any atom is -0.486 e. The summed E-state index contributed by atoms with van der Waals surface area (Å²) in [5.74, 6) is 0.507. The molecule has 7 nitrogen and oxygen atoms in total. The topological polar surface area (TPSA) is 89.6 Å². The molecule has 1 aliphatic rings. The van der Waals surface area contributed by atoms with Crippen molar-refractivity contribution >= 4 is 45.6 Å². The van der Waals surface area contributed by atoms with Gasteiger partial charge in [-0.2, -0.15) is 0 Å². The van der Waals surface area contributed by atoms with Crippen molar-refractivity contribution in [2.45, 2.75) is 0 Å². The Balaban J connectivity index is 1.41. The van der Waals surface area contributed by atoms with Gasteiger partial charge in [0.05, 0.1) is 0 Å². The number of rotatable bonds is 4. The molecule has 2 aromatic carbocycles. The molecule has 0 aliphatic carbocycles. The van der Waals surface area contributed by atoms with Gasteiger partial charge in [-0.25, -0.2) is 4.98 Å². The van der Waals surface area contributed by atoms with Crippen molar-refractivity contribution in [1.82, 2.24) is 4.98 Å². The number of carbonyl (C=O) groups is 2. The standard InChI is InChI=1S/C19H14ClN3O4S/c20-12-3-1-11(2-4-12)17(24)23-19-22-14(10-28-19)18(25)21-13-5-6-15-16(9-13)27-8-7-26-15/h1-6,9-10H,7-8H2,(H,21,25)(H,22,23,24). The zero-order valence-electron chi connectivity index (χ0n) is 14.4. The third-order valence-electron chi connectivity index (χ3n) is 3.86. The number of ether oxygens (including phenoxy) is 2. The maximum atomic E-state index is 12.4. The lowest BCUT2D eigenvalue weighted by Crippen LogP contribution is -2.17. The van der Waals surface area contributed by atoms with Gasteiger partial charge in [0, 0.05) is 27.7 Å². The smallest absolute Gasteiger partial charge is 0.275 e. The second kappa shape index (κ2) is 7.87. The summed E-state index contributed by atoms with van der Waals surface area (Å²) in [5.41, 5.74) is 1.21. The Morgan fingerprint density at radius 3 is 2.50 bits per heavy atom. The maximum absolute atomic E-state index is 12.4. The normalized spacial score (nSPS) is 12.3. The highest BCUT2D eigenvalue weighted by Crippen LogP contribution is 2.32. The van der Waals surface area contributed by atoms with Crippen LogP contribution in [0, 0.1) is 0 Å². The van der Waals surface area contributed by atoms with Crippen LogP contribution in [0.4, 0.5) is 10.8 Å². The van der Waals surface area contributed by atoms with Crippen molar-refractivity contribution < 1.29 is 19.1 Å². The Morgan fingerprint density at radius 2 is 1.71 bits per heavy atom. The lowest BCUT2D eigenvalue weighted by molar-refractivity contribution is 0.101. The fourth-order valence-corrected chi connectivity index (χ4v) is 3.33. The summed E-state index contributed by atoms with van der Waals surface area (Å²) in [5, 5.41) is 7.87. The number of aromatic nitrogens is 1. The number of nitrogens with zero attached hydrogens (tertiary/aromatic N) is 1. The van der Waals surface area contributed by atoms with Crippen LogP contribution in [0.3, 0.4) is 0 Å². The molecule has 9 heteroatoms. The number of carbonyl (C=O) groups excluding carboxylic acids is 2. The molecule has 1 aromatic heterocycles. The molecule has 0 spiro atoms. The van der Waals surface area contributed by atoms with Crippen LogP contribution < -0.4 is 20.1 Å². The Kier molecular flexibility index (Phi) is 5.14. The molecule has 2 N–H and O–H groups in total. The second-order valence-corrected chi connectivity index (χ2v) is 7.11. The van der Waals surface area contributed by atoms with Crippen molar-refractivity contribution in [3.8, 4) is 11.5 Å². The average molecular weight is 416 g/mol. The number of benzene rings is 2. The zero-order chi connectivity index (χ0) is 19.5. The number of fused-ring (bicyclic) bond motifs is 1. The van der Waals surface area contributed by atoms with E-state index in [9.17, 15) is 9.59 Å². The number of hydrogen-bond acceptors (Lipinski definition) is 6. The molecule has 0 fully saturated rings. The van der Waals surface area contributed by atoms with E-state index in [0.717, 1.165) is 11.3 Å². The first kappa shape index (κ1) is 18.3. The summed E-state index contributed by atoms with van der Waals surface area (Å²) in [7, 11) is 0. The lowest BCUT2D eigenvalue weighted by atomic mass is 10.2. The molecule has 3 aromatic rings. The van der Waals surface area contributed by atoms with Crippen LogP contribution in [0.15, 0.2) is 47.8 Å². The van der Waals surface area contributed by atoms with Crippen LogP contribution in [-0.4, -0.2) is 30.0 Å². The molecule has 0 radical (unpaired) electrons. The first-order valence-corrected chi connectivity index (χ1v) is 9.58. The minimum absolute atomic E-state index is 0.200. The largest absolute Gasteiger partial charge is 0.486 e. The van der Waals surface area contributed by atoms with Gasteiger partial charge in [0.2, 0.25) is 0 Å². The number of halogens is 1. The van der Waals surface area contributed by atoms with Crippen molar-refractivity contribution in [2.75, 3.05) is 23.8 Å². The number of anilines is 2. The van der Waals surface area contributed by atoms with Gasteiger partial charge in [0.15, 0.2) is 16.6 Å². The number of amides is 2. The highest BCUT2D eigenvalue weighted by molar-refractivity contribution is 7.14. The molecule has 0 saturated heterocycles. The van der Waals surface area contributed by atoms with E-state index in [0.29, 0.717) is 46.1 Å². The fourth-order valence-electron chi connectivity index (χ4n) is 2.52. The first-order chi connectivity index (χ1) is 13.6. The van der Waals surface area contributed by atoms with Gasteiger partial charge < -0.3 is 14.8 Å². The van der Waals surface area contributed by atoms with Crippen molar-refractivity contribution in [1.29, 1.82) is 0 Å². The molecule has 2 amide bonds. The molecular formula is C19H14ClN3O4S. The van der Waals surface area contributed by atoms with E-state index in [4.69, 9.17) is 21.1 Å². The van der Waals surface area contributed by atoms with Gasteiger partial charge in [-0.1, -0.05) is 11.6 Å². The van der Waals surface area contributed by atoms with Gasteiger partial charge >= 0.3 is 0 Å². The molecule has 142 valence electrons. The molecule has 4 rings (SSSR count). The number of hydrogen-bond donors (Lipinski definition) is 2. The zero-order valence-corrected chi connectivity index (χ0v) is 16.0. The molecule has 1 aliphatic heterocycles. The van der Waals surface area contributed by atoms with Crippen LogP contribution in [0.2, 0.25) is 5.02 Å². The third-order valence-corrected chi connectivity index (χ3v) is 4.87. The molecule has 0 saturated carbocycles. The van der Waals surface area contributed by atoms with Crippen molar-refractivity contribution in [3.63, 3.8) is 0 Å². The quantitative estimate of drug-likeness (QED) is 0.670. The summed E-state index contributed by atoms with van der Waals surface area (Å²) in [6, 6.07) is 11.6. The van der Waals surface area contributed by atoms with Gasteiger partial charge in [0.25, 0.3) is 11.8 Å². The maximum Gasteiger partial charge on any atom is 0.275 e. The Labute approximate surface area is 169 Å². The molecule has 28 heavy (non-hydrogen) atoms. The Morgan fingerprint density at radius 1 is 0.964 bits per heavy atom. The number of thiazole rings is 1. The summed E-state index contributed by atoms with van der Waals surface area (Å²) in [6.45, 7) is 0.967. The van der Waals surface area contributed by atoms with E-state index in [1.54, 1.807) is 47.8 Å². The predicted octanol–water partition coefficient (Wildman–Crippen LogP) is 4.07. The fraction of sp³-hybridized carbons (Fsp3) is 0.105. The average Bonchev–Trinajstić information content (AvgIpc) is 3.17. The van der Waals surface area contributed by atoms with Gasteiger partial charge in [-0.3, -0.25) is 14.9 Å². The lowest BCUT2D eigenvalue weighted by Gasteiger charge is -2.18. The van der Waals surface area contributed by atoms with Crippen LogP contribution in [0.1, 0.15) is 20.8 Å². The number of nitrogens with one attached hydrogen (secondary N) is 2. The van der Waals surface area contributed by atoms with Crippen LogP contribution in [0.25, 0.3) is 0 Å². The van der Waals surface area contributed by atoms with Crippen molar-refractivity contribution in [2.24, 2.45) is 0 Å². The van der Waals surface area contributed by atoms with Crippen LogP contribution in [-0.2, 0) is 0 Å². The van der Waals surface area contributed by atoms with Crippen molar-refractivity contribution in [3.05, 3.63) is 64.1 Å². The first-order valence-electron chi connectivity index (χ1n) is 8.32. The van der Waals surface area contributed by atoms with Crippen LogP contribution >= 0.6 is 22.9 Å². The summed E-state index contributed by atoms with van der Waals surface area (Å²) in [4.78, 5) is 28.8. The van der Waals surface area contributed by atoms with E-state index >= 15 is 0 Å². The van der Waals surface area contributed by atoms with Gasteiger partial charge in [-0.15, -0.1) is 11.3 Å². The second-order valence-electron chi connectivity index (χ2n) is 5.81. The Hall–Kier alpha value is -3.10. The SMILES string of the molecule is O=C(Nc1nc(C(=O)Nc2ccc3c(c2)OCCO3)cs1)c1ccc(Cl)cc1.